The van der Waals surface area contributed by atoms with Crippen molar-refractivity contribution >= 4 is 0 Å². The molecule has 78 valence electrons. The van der Waals surface area contributed by atoms with Crippen LogP contribution in [0.2, 0.25) is 0 Å². The van der Waals surface area contributed by atoms with Crippen LogP contribution >= 0.6 is 0 Å². The van der Waals surface area contributed by atoms with Crippen LogP contribution in [0.1, 0.15) is 26.2 Å². The van der Waals surface area contributed by atoms with Crippen molar-refractivity contribution in [3.05, 3.63) is 25.7 Å². The van der Waals surface area contributed by atoms with Crippen LogP contribution in [0.5, 0.6) is 0 Å². The smallest absolute Gasteiger partial charge is 0.0829 e. The monoisotopic (exact) mass is 188 g/mol. The molecule has 0 aromatic heterocycles. The van der Waals surface area contributed by atoms with Gasteiger partial charge in [0.25, 0.3) is 0 Å². The molecule has 0 spiro atoms. The molecular weight excluding hydrogens is 168 g/mol. The van der Waals surface area contributed by atoms with Crippen molar-refractivity contribution in [1.29, 1.82) is 0 Å². The van der Waals surface area contributed by atoms with E-state index in [9.17, 15) is 0 Å². The number of hydrogen-bond acceptors (Lipinski definition) is 3. The summed E-state index contributed by atoms with van der Waals surface area (Å²) in [6.07, 6.45) is 4.66. The minimum atomic E-state index is -0.206. The summed E-state index contributed by atoms with van der Waals surface area (Å²) < 4.78 is 4.36. The first-order valence-electron chi connectivity index (χ1n) is 4.39. The Kier molecular flexibility index (Phi) is 15.6. The Morgan fingerprint density at radius 2 is 1.92 bits per heavy atom. The summed E-state index contributed by atoms with van der Waals surface area (Å²) in [7, 11) is 0. The van der Waals surface area contributed by atoms with Crippen LogP contribution in [0.4, 0.5) is 0 Å². The Balaban J connectivity index is 0. The molecule has 1 atom stereocenters. The number of aliphatic hydroxyl groups excluding tert-OH is 2. The van der Waals surface area contributed by atoms with Gasteiger partial charge in [-0.05, 0) is 19.3 Å². The highest BCUT2D eigenvalue weighted by Crippen LogP contribution is 1.98. The summed E-state index contributed by atoms with van der Waals surface area (Å²) in [6.45, 7) is 8.64. The van der Waals surface area contributed by atoms with Crippen LogP contribution in [0.15, 0.2) is 25.7 Å². The second kappa shape index (κ2) is 13.8. The molecule has 0 radical (unpaired) electrons. The fraction of sp³-hybridized carbons (Fsp3) is 0.600. The van der Waals surface area contributed by atoms with Crippen molar-refractivity contribution in [3.63, 3.8) is 0 Å². The lowest BCUT2D eigenvalue weighted by Gasteiger charge is -2.03. The summed E-state index contributed by atoms with van der Waals surface area (Å²) in [5.74, 6) is 0. The maximum absolute atomic E-state index is 8.88. The zero-order valence-corrected chi connectivity index (χ0v) is 8.28. The average Bonchev–Trinajstić information content (AvgIpc) is 2.16. The van der Waals surface area contributed by atoms with E-state index < -0.39 is 0 Å². The molecule has 0 bridgehead atoms. The summed E-state index contributed by atoms with van der Waals surface area (Å²) in [6, 6.07) is 0. The molecule has 2 N–H and O–H groups in total. The van der Waals surface area contributed by atoms with E-state index in [0.717, 1.165) is 19.3 Å². The molecule has 0 aromatic carbocycles. The van der Waals surface area contributed by atoms with Crippen LogP contribution < -0.4 is 0 Å². The maximum Gasteiger partial charge on any atom is 0.0829 e. The van der Waals surface area contributed by atoms with Gasteiger partial charge in [-0.1, -0.05) is 20.1 Å². The van der Waals surface area contributed by atoms with Crippen molar-refractivity contribution < 1.29 is 14.9 Å². The van der Waals surface area contributed by atoms with Crippen molar-refractivity contribution in [3.8, 4) is 0 Å². The molecule has 0 aliphatic heterocycles. The molecule has 3 heteroatoms. The molecule has 1 unspecified atom stereocenters. The predicted molar refractivity (Wildman–Crippen MR) is 54.1 cm³/mol. The van der Waals surface area contributed by atoms with Crippen LogP contribution in [0.3, 0.4) is 0 Å². The fourth-order valence-corrected chi connectivity index (χ4v) is 0.599. The Hall–Kier alpha value is -0.800. The predicted octanol–water partition coefficient (Wildman–Crippen LogP) is 1.82. The second-order valence-corrected chi connectivity index (χ2v) is 2.40. The van der Waals surface area contributed by atoms with Gasteiger partial charge in [0.2, 0.25) is 0 Å². The summed E-state index contributed by atoms with van der Waals surface area (Å²) in [4.78, 5) is 0. The van der Waals surface area contributed by atoms with Crippen LogP contribution in [0, 0.1) is 0 Å². The van der Waals surface area contributed by atoms with E-state index in [1.165, 1.54) is 12.5 Å². The Morgan fingerprint density at radius 3 is 2.15 bits per heavy atom. The first-order chi connectivity index (χ1) is 6.22. The van der Waals surface area contributed by atoms with Gasteiger partial charge < -0.3 is 14.9 Å². The molecule has 0 rings (SSSR count). The normalized spacial score (nSPS) is 10.7. The SMILES string of the molecule is C=COC=C.CCC(O)CCCO. The third kappa shape index (κ3) is 18.3. The van der Waals surface area contributed by atoms with Crippen LogP contribution in [-0.4, -0.2) is 22.9 Å². The van der Waals surface area contributed by atoms with Gasteiger partial charge in [0.15, 0.2) is 0 Å². The molecule has 13 heavy (non-hydrogen) atoms. The molecular formula is C10H20O3. The standard InChI is InChI=1S/C6H14O2.C4H6O/c1-2-6(8)4-3-5-7;1-3-5-4-2/h6-8H,2-5H2,1H3;3-4H,1-2H2. The Labute approximate surface area is 80.4 Å². The third-order valence-electron chi connectivity index (χ3n) is 1.36. The topological polar surface area (TPSA) is 49.7 Å². The van der Waals surface area contributed by atoms with E-state index in [1.54, 1.807) is 0 Å². The molecule has 0 saturated carbocycles. The van der Waals surface area contributed by atoms with Gasteiger partial charge in [-0.2, -0.15) is 0 Å². The van der Waals surface area contributed by atoms with Crippen molar-refractivity contribution in [2.75, 3.05) is 6.61 Å². The molecule has 0 aromatic rings. The molecule has 0 heterocycles. The third-order valence-corrected chi connectivity index (χ3v) is 1.36. The van der Waals surface area contributed by atoms with Gasteiger partial charge in [0, 0.05) is 6.61 Å². The summed E-state index contributed by atoms with van der Waals surface area (Å²) in [5.41, 5.74) is 0. The zero-order valence-electron chi connectivity index (χ0n) is 8.28. The lowest BCUT2D eigenvalue weighted by molar-refractivity contribution is 0.146. The molecule has 0 aliphatic rings. The van der Waals surface area contributed by atoms with E-state index in [2.05, 4.69) is 17.9 Å². The molecule has 0 saturated heterocycles. The van der Waals surface area contributed by atoms with E-state index in [4.69, 9.17) is 10.2 Å². The minimum Gasteiger partial charge on any atom is -0.474 e. The van der Waals surface area contributed by atoms with Crippen molar-refractivity contribution in [2.24, 2.45) is 0 Å². The van der Waals surface area contributed by atoms with Gasteiger partial charge in [-0.15, -0.1) is 0 Å². The summed E-state index contributed by atoms with van der Waals surface area (Å²) in [5, 5.41) is 17.2. The van der Waals surface area contributed by atoms with Gasteiger partial charge in [-0.25, -0.2) is 0 Å². The fourth-order valence-electron chi connectivity index (χ4n) is 0.599. The minimum absolute atomic E-state index is 0.192. The molecule has 3 nitrogen and oxygen atoms in total. The molecule has 0 aliphatic carbocycles. The lowest BCUT2D eigenvalue weighted by atomic mass is 10.2. The Bertz CT molecular complexity index is 107. The zero-order chi connectivity index (χ0) is 10.5. The van der Waals surface area contributed by atoms with Gasteiger partial charge >= 0.3 is 0 Å². The quantitative estimate of drug-likeness (QED) is 0.625. The number of aliphatic hydroxyl groups is 2. The lowest BCUT2D eigenvalue weighted by Crippen LogP contribution is -2.04. The number of ether oxygens (including phenoxy) is 1. The molecule has 0 amide bonds. The van der Waals surface area contributed by atoms with Crippen molar-refractivity contribution in [2.45, 2.75) is 32.3 Å². The van der Waals surface area contributed by atoms with Crippen molar-refractivity contribution in [1.82, 2.24) is 0 Å². The summed E-state index contributed by atoms with van der Waals surface area (Å²) >= 11 is 0. The first kappa shape index (κ1) is 14.7. The van der Waals surface area contributed by atoms with E-state index in [0.29, 0.717) is 0 Å². The van der Waals surface area contributed by atoms with E-state index >= 15 is 0 Å². The Morgan fingerprint density at radius 1 is 1.38 bits per heavy atom. The number of hydrogen-bond donors (Lipinski definition) is 2. The first-order valence-corrected chi connectivity index (χ1v) is 4.39. The van der Waals surface area contributed by atoms with E-state index in [-0.39, 0.29) is 12.7 Å². The average molecular weight is 188 g/mol. The largest absolute Gasteiger partial charge is 0.474 e. The maximum atomic E-state index is 8.88. The van der Waals surface area contributed by atoms with Gasteiger partial charge in [0.05, 0.1) is 18.6 Å². The van der Waals surface area contributed by atoms with Crippen LogP contribution in [0.25, 0.3) is 0 Å². The van der Waals surface area contributed by atoms with Gasteiger partial charge in [-0.3, -0.25) is 0 Å². The highest BCUT2D eigenvalue weighted by molar-refractivity contribution is 4.57. The van der Waals surface area contributed by atoms with E-state index in [1.807, 2.05) is 6.92 Å². The number of rotatable bonds is 6. The molecule has 0 fully saturated rings. The second-order valence-electron chi connectivity index (χ2n) is 2.40. The highest BCUT2D eigenvalue weighted by atomic mass is 16.5. The van der Waals surface area contributed by atoms with Crippen LogP contribution in [-0.2, 0) is 4.74 Å². The van der Waals surface area contributed by atoms with Gasteiger partial charge in [0.1, 0.15) is 0 Å². The highest BCUT2D eigenvalue weighted by Gasteiger charge is 1.96.